The topological polar surface area (TPSA) is 0 Å². The first-order valence-corrected chi connectivity index (χ1v) is 12.7. The maximum absolute atomic E-state index is 3.37. The van der Waals surface area contributed by atoms with Gasteiger partial charge in [-0.15, -0.1) is 37.7 Å². The first-order valence-electron chi connectivity index (χ1n) is 8.67. The van der Waals surface area contributed by atoms with Crippen LogP contribution in [0, 0.1) is 27.0 Å². The van der Waals surface area contributed by atoms with E-state index in [0.717, 1.165) is 25.7 Å². The van der Waals surface area contributed by atoms with E-state index in [-0.39, 0.29) is 39.7 Å². The Labute approximate surface area is 191 Å². The fraction of sp³-hybridized carbons (Fsp3) is 0.545. The van der Waals surface area contributed by atoms with Crippen LogP contribution in [-0.4, -0.2) is 7.63 Å². The zero-order valence-corrected chi connectivity index (χ0v) is 22.4. The zero-order chi connectivity index (χ0) is 16.8. The van der Waals surface area contributed by atoms with Crippen LogP contribution in [0.5, 0.6) is 0 Å². The molecule has 0 aromatic carbocycles. The molecule has 0 saturated carbocycles. The second-order valence-electron chi connectivity index (χ2n) is 5.57. The Morgan fingerprint density at radius 3 is 1.27 bits per heavy atom. The molecule has 0 atom stereocenters. The van der Waals surface area contributed by atoms with Crippen molar-refractivity contribution in [3.8, 4) is 0 Å². The minimum atomic E-state index is 0. The van der Waals surface area contributed by atoms with Gasteiger partial charge in [-0.1, -0.05) is 53.4 Å². The summed E-state index contributed by atoms with van der Waals surface area (Å²) in [6.07, 6.45) is 20.9. The molecular formula is C22H40Cl2SiTi-4. The van der Waals surface area contributed by atoms with E-state index in [9.17, 15) is 0 Å². The number of hydrogen-bond acceptors (Lipinski definition) is 0. The van der Waals surface area contributed by atoms with Crippen LogP contribution in [0.3, 0.4) is 0 Å². The van der Waals surface area contributed by atoms with E-state index in [1.165, 1.54) is 36.8 Å². The minimum absolute atomic E-state index is 0. The molecule has 0 bridgehead atoms. The van der Waals surface area contributed by atoms with Gasteiger partial charge in [-0.2, -0.15) is 11.1 Å². The Balaban J connectivity index is -0.0000000904. The normalized spacial score (nSPS) is 13.2. The maximum atomic E-state index is 3.37. The molecule has 4 heteroatoms. The van der Waals surface area contributed by atoms with Crippen LogP contribution in [0.4, 0.5) is 0 Å². The van der Waals surface area contributed by atoms with Crippen molar-refractivity contribution < 1.29 is 19.2 Å². The molecule has 154 valence electrons. The van der Waals surface area contributed by atoms with Crippen LogP contribution >= 0.6 is 24.8 Å². The van der Waals surface area contributed by atoms with E-state index in [2.05, 4.69) is 52.0 Å². The number of hydrogen-bond donors (Lipinski definition) is 0. The molecule has 0 aromatic rings. The first kappa shape index (κ1) is 37.3. The van der Waals surface area contributed by atoms with Crippen LogP contribution in [-0.2, 0) is 19.2 Å². The molecule has 0 fully saturated rings. The van der Waals surface area contributed by atoms with Crippen LogP contribution in [0.15, 0.2) is 34.4 Å². The summed E-state index contributed by atoms with van der Waals surface area (Å²) in [4.78, 5) is 0. The molecule has 2 aliphatic rings. The molecule has 0 aromatic heterocycles. The van der Waals surface area contributed by atoms with E-state index in [0.29, 0.717) is 0 Å². The summed E-state index contributed by atoms with van der Waals surface area (Å²) >= 11 is 2.03. The number of halogens is 2. The number of allylic oxidation sites excluding steroid dienone is 8. The Bertz CT molecular complexity index is 397. The summed E-state index contributed by atoms with van der Waals surface area (Å²) in [5.74, 6) is 0. The number of rotatable bonds is 6. The third-order valence-corrected chi connectivity index (χ3v) is 3.75. The third kappa shape index (κ3) is 16.6. The second kappa shape index (κ2) is 25.5. The molecule has 0 amide bonds. The molecular weight excluding hydrogens is 411 g/mol. The fourth-order valence-corrected chi connectivity index (χ4v) is 2.57. The Morgan fingerprint density at radius 1 is 0.769 bits per heavy atom. The van der Waals surface area contributed by atoms with Gasteiger partial charge in [-0.25, -0.2) is 23.3 Å². The molecule has 0 saturated heterocycles. The molecule has 0 N–H and O–H groups in total. The molecule has 0 spiro atoms. The van der Waals surface area contributed by atoms with Crippen molar-refractivity contribution in [3.05, 3.63) is 61.4 Å². The molecule has 2 aliphatic carbocycles. The van der Waals surface area contributed by atoms with Gasteiger partial charge in [-0.3, -0.25) is 12.2 Å². The van der Waals surface area contributed by atoms with E-state index < -0.39 is 0 Å². The summed E-state index contributed by atoms with van der Waals surface area (Å²) in [6.45, 7) is 8.83. The average molecular weight is 451 g/mol. The summed E-state index contributed by atoms with van der Waals surface area (Å²) in [5.41, 5.74) is 5.95. The summed E-state index contributed by atoms with van der Waals surface area (Å²) in [7, 11) is 1.86. The van der Waals surface area contributed by atoms with E-state index in [1.54, 1.807) is 11.1 Å². The van der Waals surface area contributed by atoms with E-state index in [1.807, 2.05) is 26.8 Å². The van der Waals surface area contributed by atoms with Crippen molar-refractivity contribution in [3.63, 3.8) is 0 Å². The van der Waals surface area contributed by atoms with Crippen molar-refractivity contribution in [2.75, 3.05) is 0 Å². The van der Waals surface area contributed by atoms with Crippen LogP contribution in [0.25, 0.3) is 0 Å². The van der Waals surface area contributed by atoms with Crippen molar-refractivity contribution in [1.82, 2.24) is 0 Å². The summed E-state index contributed by atoms with van der Waals surface area (Å²) in [6, 6.07) is 0. The van der Waals surface area contributed by atoms with Gasteiger partial charge in [0.2, 0.25) is 0 Å². The monoisotopic (exact) mass is 450 g/mol. The van der Waals surface area contributed by atoms with Gasteiger partial charge in [0.25, 0.3) is 0 Å². The first-order chi connectivity index (χ1) is 10.7. The Hall–Kier alpha value is 0.471. The Morgan fingerprint density at radius 2 is 1.08 bits per heavy atom. The van der Waals surface area contributed by atoms with Crippen molar-refractivity contribution >= 4 is 32.4 Å². The molecule has 0 heterocycles. The van der Waals surface area contributed by atoms with Gasteiger partial charge in [0.1, 0.15) is 0 Å². The molecule has 0 aliphatic heterocycles. The summed E-state index contributed by atoms with van der Waals surface area (Å²) in [5, 5.41) is 0. The van der Waals surface area contributed by atoms with Gasteiger partial charge in [-0.05, 0) is 12.8 Å². The molecule has 0 unspecified atom stereocenters. The summed E-state index contributed by atoms with van der Waals surface area (Å²) < 4.78 is 0. The molecule has 26 heavy (non-hydrogen) atoms. The van der Waals surface area contributed by atoms with Crippen LogP contribution < -0.4 is 0 Å². The molecule has 2 rings (SSSR count). The van der Waals surface area contributed by atoms with Crippen molar-refractivity contribution in [1.29, 1.82) is 0 Å². The zero-order valence-electron chi connectivity index (χ0n) is 17.8. The van der Waals surface area contributed by atoms with Crippen molar-refractivity contribution in [2.45, 2.75) is 79.1 Å². The van der Waals surface area contributed by atoms with Gasteiger partial charge in [0.05, 0.1) is 0 Å². The predicted molar refractivity (Wildman–Crippen MR) is 125 cm³/mol. The third-order valence-electron chi connectivity index (χ3n) is 3.75. The predicted octanol–water partition coefficient (Wildman–Crippen LogP) is 7.34. The molecule has 0 radical (unpaired) electrons. The second-order valence-corrected chi connectivity index (χ2v) is 5.57. The Kier molecular flexibility index (Phi) is 36.5. The quantitative estimate of drug-likeness (QED) is 0.293. The van der Waals surface area contributed by atoms with E-state index >= 15 is 0 Å². The van der Waals surface area contributed by atoms with Gasteiger partial charge < -0.3 is 14.9 Å². The average Bonchev–Trinajstić information content (AvgIpc) is 3.20. The standard InChI is InChI=1S/2C10H15.2CH3.2ClH.H2Si.Ti/c2*1-3-5-10-7-6-9(4-2)8-10;;;;;;/h2*8H,3-5,7H2,1-2H3;2*1H3;2*1H;1H2;/q4*-1;;;;. The fourth-order valence-electron chi connectivity index (χ4n) is 2.57. The van der Waals surface area contributed by atoms with Crippen LogP contribution in [0.2, 0.25) is 0 Å². The van der Waals surface area contributed by atoms with Crippen molar-refractivity contribution in [2.24, 2.45) is 0 Å². The molecule has 0 nitrogen and oxygen atoms in total. The van der Waals surface area contributed by atoms with Gasteiger partial charge in [0, 0.05) is 0 Å². The SMILES string of the molecule is CCCC1=CC(CC)=[C-]C1.CCCC1=CC(CC)=[C-]C1.Cl.Cl.[CH3-].[CH3-].[SiH2]=[Ti]. The van der Waals surface area contributed by atoms with Gasteiger partial charge >= 0.3 is 26.8 Å². The van der Waals surface area contributed by atoms with E-state index in [4.69, 9.17) is 0 Å². The van der Waals surface area contributed by atoms with Gasteiger partial charge in [0.15, 0.2) is 0 Å². The van der Waals surface area contributed by atoms with Crippen LogP contribution in [0.1, 0.15) is 79.1 Å².